The minimum Gasteiger partial charge on any atom is -0.367 e. The smallest absolute Gasteiger partial charge is 0.252 e. The van der Waals surface area contributed by atoms with Gasteiger partial charge < -0.3 is 16.0 Å². The first kappa shape index (κ1) is 13.4. The van der Waals surface area contributed by atoms with Crippen LogP contribution in [0.1, 0.15) is 23.7 Å². The first-order chi connectivity index (χ1) is 8.00. The average molecular weight is 236 g/mol. The molecule has 1 aromatic heterocycles. The third kappa shape index (κ3) is 4.40. The maximum atomic E-state index is 11.2. The standard InChI is InChI=1S/C12H20N4O/c1-9(6-8-16(2)3)15-12-10(11(13)17)5-4-7-14-12/h4-5,7,9H,6,8H2,1-3H3,(H2,13,17)(H,14,15). The van der Waals surface area contributed by atoms with E-state index in [9.17, 15) is 4.79 Å². The van der Waals surface area contributed by atoms with Crippen LogP contribution >= 0.6 is 0 Å². The zero-order valence-corrected chi connectivity index (χ0v) is 10.6. The third-order valence-corrected chi connectivity index (χ3v) is 2.47. The molecule has 5 heteroatoms. The predicted octanol–water partition coefficient (Wildman–Crippen LogP) is 0.933. The van der Waals surface area contributed by atoms with Crippen molar-refractivity contribution in [3.63, 3.8) is 0 Å². The van der Waals surface area contributed by atoms with Crippen LogP contribution < -0.4 is 11.1 Å². The van der Waals surface area contributed by atoms with E-state index in [-0.39, 0.29) is 6.04 Å². The van der Waals surface area contributed by atoms with Crippen molar-refractivity contribution in [2.45, 2.75) is 19.4 Å². The summed E-state index contributed by atoms with van der Waals surface area (Å²) in [6, 6.07) is 3.62. The summed E-state index contributed by atoms with van der Waals surface area (Å²) in [4.78, 5) is 17.5. The Morgan fingerprint density at radius 1 is 1.59 bits per heavy atom. The first-order valence-corrected chi connectivity index (χ1v) is 5.66. The lowest BCUT2D eigenvalue weighted by Crippen LogP contribution is -2.25. The number of amides is 1. The van der Waals surface area contributed by atoms with Gasteiger partial charge in [0.1, 0.15) is 5.82 Å². The van der Waals surface area contributed by atoms with Crippen LogP contribution in [0.4, 0.5) is 5.82 Å². The maximum Gasteiger partial charge on any atom is 0.252 e. The number of nitrogens with zero attached hydrogens (tertiary/aromatic N) is 2. The van der Waals surface area contributed by atoms with Crippen molar-refractivity contribution < 1.29 is 4.79 Å². The second-order valence-corrected chi connectivity index (χ2v) is 4.40. The van der Waals surface area contributed by atoms with Crippen LogP contribution in [0, 0.1) is 0 Å². The molecule has 1 heterocycles. The Bertz CT molecular complexity index is 379. The van der Waals surface area contributed by atoms with Crippen molar-refractivity contribution in [2.75, 3.05) is 26.0 Å². The summed E-state index contributed by atoms with van der Waals surface area (Å²) >= 11 is 0. The Morgan fingerprint density at radius 2 is 2.29 bits per heavy atom. The number of hydrogen-bond acceptors (Lipinski definition) is 4. The highest BCUT2D eigenvalue weighted by molar-refractivity contribution is 5.97. The highest BCUT2D eigenvalue weighted by atomic mass is 16.1. The molecule has 0 saturated heterocycles. The number of carbonyl (C=O) groups is 1. The van der Waals surface area contributed by atoms with Gasteiger partial charge >= 0.3 is 0 Å². The molecule has 0 aliphatic carbocycles. The van der Waals surface area contributed by atoms with E-state index in [1.165, 1.54) is 0 Å². The van der Waals surface area contributed by atoms with Crippen molar-refractivity contribution in [1.29, 1.82) is 0 Å². The minimum absolute atomic E-state index is 0.241. The van der Waals surface area contributed by atoms with Gasteiger partial charge in [-0.25, -0.2) is 4.98 Å². The highest BCUT2D eigenvalue weighted by Gasteiger charge is 2.11. The summed E-state index contributed by atoms with van der Waals surface area (Å²) in [7, 11) is 4.06. The molecule has 1 unspecified atom stereocenters. The summed E-state index contributed by atoms with van der Waals surface area (Å²) in [5.41, 5.74) is 5.72. The number of nitrogens with one attached hydrogen (secondary N) is 1. The molecule has 0 fully saturated rings. The van der Waals surface area contributed by atoms with Crippen LogP contribution in [0.2, 0.25) is 0 Å². The molecular formula is C12H20N4O. The van der Waals surface area contributed by atoms with Crippen LogP contribution in [0.5, 0.6) is 0 Å². The van der Waals surface area contributed by atoms with Crippen molar-refractivity contribution in [3.05, 3.63) is 23.9 Å². The lowest BCUT2D eigenvalue weighted by molar-refractivity contribution is 0.100. The van der Waals surface area contributed by atoms with Gasteiger partial charge in [0.15, 0.2) is 0 Å². The van der Waals surface area contributed by atoms with Gasteiger partial charge in [0, 0.05) is 12.2 Å². The number of primary amides is 1. The fourth-order valence-electron chi connectivity index (χ4n) is 1.48. The molecule has 0 aromatic carbocycles. The number of carbonyl (C=O) groups excluding carboxylic acids is 1. The molecule has 0 aliphatic rings. The van der Waals surface area contributed by atoms with Gasteiger partial charge in [-0.15, -0.1) is 0 Å². The lowest BCUT2D eigenvalue weighted by atomic mass is 10.2. The number of rotatable bonds is 6. The molecule has 3 N–H and O–H groups in total. The van der Waals surface area contributed by atoms with Crippen LogP contribution in [0.25, 0.3) is 0 Å². The van der Waals surface area contributed by atoms with Crippen LogP contribution in [-0.4, -0.2) is 42.5 Å². The largest absolute Gasteiger partial charge is 0.367 e. The zero-order valence-electron chi connectivity index (χ0n) is 10.6. The number of aromatic nitrogens is 1. The predicted molar refractivity (Wildman–Crippen MR) is 69.0 cm³/mol. The lowest BCUT2D eigenvalue weighted by Gasteiger charge is -2.18. The molecule has 1 amide bonds. The second-order valence-electron chi connectivity index (χ2n) is 4.40. The maximum absolute atomic E-state index is 11.2. The molecule has 0 aliphatic heterocycles. The summed E-state index contributed by atoms with van der Waals surface area (Å²) in [6.45, 7) is 3.04. The van der Waals surface area contributed by atoms with Gasteiger partial charge in [-0.05, 0) is 46.1 Å². The van der Waals surface area contributed by atoms with Crippen molar-refractivity contribution in [3.8, 4) is 0 Å². The Kier molecular flexibility index (Phi) is 4.90. The summed E-state index contributed by atoms with van der Waals surface area (Å²) in [5, 5.41) is 3.21. The normalized spacial score (nSPS) is 12.5. The van der Waals surface area contributed by atoms with E-state index in [1.54, 1.807) is 18.3 Å². The minimum atomic E-state index is -0.458. The van der Waals surface area contributed by atoms with E-state index in [4.69, 9.17) is 5.73 Å². The fraction of sp³-hybridized carbons (Fsp3) is 0.500. The summed E-state index contributed by atoms with van der Waals surface area (Å²) in [6.07, 6.45) is 2.62. The van der Waals surface area contributed by atoms with Gasteiger partial charge in [-0.1, -0.05) is 0 Å². The van der Waals surface area contributed by atoms with Crippen LogP contribution in [0.3, 0.4) is 0 Å². The van der Waals surface area contributed by atoms with Crippen LogP contribution in [-0.2, 0) is 0 Å². The molecule has 1 aromatic rings. The number of anilines is 1. The Balaban J connectivity index is 2.64. The monoisotopic (exact) mass is 236 g/mol. The first-order valence-electron chi connectivity index (χ1n) is 5.66. The Hall–Kier alpha value is -1.62. The van der Waals surface area contributed by atoms with E-state index in [0.29, 0.717) is 11.4 Å². The van der Waals surface area contributed by atoms with Crippen molar-refractivity contribution in [2.24, 2.45) is 5.73 Å². The number of hydrogen-bond donors (Lipinski definition) is 2. The number of pyridine rings is 1. The summed E-state index contributed by atoms with van der Waals surface area (Å²) in [5.74, 6) is 0.103. The highest BCUT2D eigenvalue weighted by Crippen LogP contribution is 2.12. The Morgan fingerprint density at radius 3 is 2.88 bits per heavy atom. The number of nitrogens with two attached hydrogens (primary N) is 1. The Labute approximate surface area is 102 Å². The van der Waals surface area contributed by atoms with Gasteiger partial charge in [0.25, 0.3) is 5.91 Å². The average Bonchev–Trinajstić information content (AvgIpc) is 2.27. The molecule has 0 spiro atoms. The topological polar surface area (TPSA) is 71.2 Å². The van der Waals surface area contributed by atoms with Crippen molar-refractivity contribution >= 4 is 11.7 Å². The molecule has 1 rings (SSSR count). The van der Waals surface area contributed by atoms with E-state index in [0.717, 1.165) is 13.0 Å². The van der Waals surface area contributed by atoms with Gasteiger partial charge in [0.05, 0.1) is 5.56 Å². The van der Waals surface area contributed by atoms with E-state index < -0.39 is 5.91 Å². The zero-order chi connectivity index (χ0) is 12.8. The molecule has 0 bridgehead atoms. The summed E-state index contributed by atoms with van der Waals surface area (Å²) < 4.78 is 0. The third-order valence-electron chi connectivity index (χ3n) is 2.47. The van der Waals surface area contributed by atoms with Gasteiger partial charge in [-0.2, -0.15) is 0 Å². The SMILES string of the molecule is CC(CCN(C)C)Nc1ncccc1C(N)=O. The van der Waals surface area contributed by atoms with E-state index in [1.807, 2.05) is 14.1 Å². The van der Waals surface area contributed by atoms with Crippen molar-refractivity contribution in [1.82, 2.24) is 9.88 Å². The fourth-order valence-corrected chi connectivity index (χ4v) is 1.48. The molecular weight excluding hydrogens is 216 g/mol. The molecule has 17 heavy (non-hydrogen) atoms. The van der Waals surface area contributed by atoms with E-state index in [2.05, 4.69) is 22.1 Å². The quantitative estimate of drug-likeness (QED) is 0.771. The second kappa shape index (κ2) is 6.20. The van der Waals surface area contributed by atoms with Gasteiger partial charge in [0.2, 0.25) is 0 Å². The van der Waals surface area contributed by atoms with Crippen LogP contribution in [0.15, 0.2) is 18.3 Å². The molecule has 94 valence electrons. The van der Waals surface area contributed by atoms with Gasteiger partial charge in [-0.3, -0.25) is 4.79 Å². The molecule has 0 saturated carbocycles. The molecule has 0 radical (unpaired) electrons. The van der Waals surface area contributed by atoms with E-state index >= 15 is 0 Å². The molecule has 1 atom stereocenters. The molecule has 5 nitrogen and oxygen atoms in total.